The number of likely N-dealkylation sites (N-methyl/N-ethyl adjacent to an activating group) is 1. The largest absolute Gasteiger partial charge is 0.356 e. The van der Waals surface area contributed by atoms with E-state index in [1.165, 1.54) is 11.1 Å². The number of nitrogens with one attached hydrogen (secondary N) is 3. The maximum Gasteiger partial charge on any atom is 0.225 e. The van der Waals surface area contributed by atoms with Crippen molar-refractivity contribution in [2.75, 3.05) is 39.5 Å². The van der Waals surface area contributed by atoms with Crippen LogP contribution in [0.25, 0.3) is 0 Å². The summed E-state index contributed by atoms with van der Waals surface area (Å²) < 4.78 is 0. The van der Waals surface area contributed by atoms with Crippen LogP contribution in [0.3, 0.4) is 0 Å². The molecule has 1 heterocycles. The van der Waals surface area contributed by atoms with Crippen molar-refractivity contribution >= 4 is 41.5 Å². The van der Waals surface area contributed by atoms with Gasteiger partial charge in [0.05, 0.1) is 6.04 Å². The molecular weight excluding hydrogens is 477 g/mol. The molecule has 0 aliphatic carbocycles. The van der Waals surface area contributed by atoms with E-state index in [1.54, 1.807) is 7.05 Å². The van der Waals surface area contributed by atoms with Gasteiger partial charge in [0.25, 0.3) is 0 Å². The molecule has 6 nitrogen and oxygen atoms in total. The molecule has 0 spiro atoms. The number of anilines is 1. The molecule has 3 rings (SSSR count). The van der Waals surface area contributed by atoms with Gasteiger partial charge in [-0.1, -0.05) is 48.5 Å². The summed E-state index contributed by atoms with van der Waals surface area (Å²) in [5, 5.41) is 9.75. The summed E-state index contributed by atoms with van der Waals surface area (Å²) in [4.78, 5) is 18.5. The standard InChI is InChI=1S/C22H29N5O.HI/c1-23-22(25-15-20(27(2)3)16-9-5-4-6-10-16)24-14-17-13-21(28)26-19-12-8-7-11-18(17)19;/h4-12,17,20H,13-15H2,1-3H3,(H,26,28)(H2,23,24,25);1H. The first-order chi connectivity index (χ1) is 13.6. The van der Waals surface area contributed by atoms with Crippen LogP contribution in [0.4, 0.5) is 5.69 Å². The average Bonchev–Trinajstić information content (AvgIpc) is 2.70. The Balaban J connectivity index is 0.00000300. The second kappa shape index (κ2) is 11.2. The van der Waals surface area contributed by atoms with E-state index in [2.05, 4.69) is 70.3 Å². The number of hydrogen-bond acceptors (Lipinski definition) is 3. The van der Waals surface area contributed by atoms with Gasteiger partial charge in [-0.15, -0.1) is 24.0 Å². The van der Waals surface area contributed by atoms with Gasteiger partial charge >= 0.3 is 0 Å². The second-order valence-corrected chi connectivity index (χ2v) is 7.26. The summed E-state index contributed by atoms with van der Waals surface area (Å²) >= 11 is 0. The molecule has 156 valence electrons. The molecule has 29 heavy (non-hydrogen) atoms. The zero-order valence-corrected chi connectivity index (χ0v) is 19.5. The highest BCUT2D eigenvalue weighted by Gasteiger charge is 2.25. The minimum Gasteiger partial charge on any atom is -0.356 e. The van der Waals surface area contributed by atoms with Crippen LogP contribution < -0.4 is 16.0 Å². The normalized spacial score (nSPS) is 17.0. The number of hydrogen-bond donors (Lipinski definition) is 3. The smallest absolute Gasteiger partial charge is 0.225 e. The Morgan fingerprint density at radius 3 is 2.52 bits per heavy atom. The topological polar surface area (TPSA) is 68.8 Å². The molecule has 1 aliphatic rings. The van der Waals surface area contributed by atoms with Crippen molar-refractivity contribution < 1.29 is 4.79 Å². The summed E-state index contributed by atoms with van der Waals surface area (Å²) in [5.41, 5.74) is 3.33. The molecule has 0 aromatic heterocycles. The molecule has 3 N–H and O–H groups in total. The minimum absolute atomic E-state index is 0. The van der Waals surface area contributed by atoms with Gasteiger partial charge in [0.15, 0.2) is 5.96 Å². The Labute approximate surface area is 190 Å². The Hall–Kier alpha value is -2.13. The first-order valence-corrected chi connectivity index (χ1v) is 9.63. The van der Waals surface area contributed by atoms with Crippen LogP contribution in [0.5, 0.6) is 0 Å². The Bertz CT molecular complexity index is 825. The first-order valence-electron chi connectivity index (χ1n) is 9.63. The third-order valence-electron chi connectivity index (χ3n) is 5.12. The van der Waals surface area contributed by atoms with Crippen LogP contribution in [-0.2, 0) is 4.79 Å². The summed E-state index contributed by atoms with van der Waals surface area (Å²) in [6.45, 7) is 1.39. The number of nitrogens with zero attached hydrogens (tertiary/aromatic N) is 2. The number of halogens is 1. The van der Waals surface area contributed by atoms with E-state index in [9.17, 15) is 4.79 Å². The van der Waals surface area contributed by atoms with Crippen LogP contribution in [0, 0.1) is 0 Å². The van der Waals surface area contributed by atoms with Crippen molar-refractivity contribution in [3.63, 3.8) is 0 Å². The maximum atomic E-state index is 12.0. The van der Waals surface area contributed by atoms with Crippen LogP contribution in [0.1, 0.15) is 29.5 Å². The van der Waals surface area contributed by atoms with Gasteiger partial charge in [-0.3, -0.25) is 9.79 Å². The molecule has 2 atom stereocenters. The number of guanidine groups is 1. The predicted octanol–water partition coefficient (Wildman–Crippen LogP) is 3.20. The van der Waals surface area contributed by atoms with E-state index in [1.807, 2.05) is 24.3 Å². The quantitative estimate of drug-likeness (QED) is 0.319. The number of carbonyl (C=O) groups is 1. The first kappa shape index (κ1) is 23.2. The van der Waals surface area contributed by atoms with Gasteiger partial charge in [-0.2, -0.15) is 0 Å². The molecule has 7 heteroatoms. The number of carbonyl (C=O) groups excluding carboxylic acids is 1. The van der Waals surface area contributed by atoms with Crippen molar-refractivity contribution in [2.45, 2.75) is 18.4 Å². The van der Waals surface area contributed by atoms with E-state index in [0.717, 1.165) is 18.2 Å². The van der Waals surface area contributed by atoms with Gasteiger partial charge in [0, 0.05) is 38.2 Å². The molecule has 2 aromatic rings. The zero-order valence-electron chi connectivity index (χ0n) is 17.2. The lowest BCUT2D eigenvalue weighted by molar-refractivity contribution is -0.116. The van der Waals surface area contributed by atoms with Crippen LogP contribution >= 0.6 is 24.0 Å². The molecule has 0 saturated heterocycles. The lowest BCUT2D eigenvalue weighted by Gasteiger charge is -2.28. The summed E-state index contributed by atoms with van der Waals surface area (Å²) in [6.07, 6.45) is 0.478. The van der Waals surface area contributed by atoms with Crippen molar-refractivity contribution in [1.29, 1.82) is 0 Å². The lowest BCUT2D eigenvalue weighted by Crippen LogP contribution is -2.43. The highest BCUT2D eigenvalue weighted by atomic mass is 127. The third-order valence-corrected chi connectivity index (χ3v) is 5.12. The molecule has 2 unspecified atom stereocenters. The molecule has 1 amide bonds. The van der Waals surface area contributed by atoms with E-state index in [4.69, 9.17) is 0 Å². The maximum absolute atomic E-state index is 12.0. The van der Waals surface area contributed by atoms with Gasteiger partial charge in [0.1, 0.15) is 0 Å². The number of rotatable bonds is 6. The number of benzene rings is 2. The van der Waals surface area contributed by atoms with Crippen molar-refractivity contribution in [1.82, 2.24) is 15.5 Å². The van der Waals surface area contributed by atoms with Crippen molar-refractivity contribution in [2.24, 2.45) is 4.99 Å². The van der Waals surface area contributed by atoms with Crippen molar-refractivity contribution in [3.8, 4) is 0 Å². The summed E-state index contributed by atoms with van der Waals surface area (Å²) in [5.74, 6) is 0.929. The van der Waals surface area contributed by atoms with E-state index >= 15 is 0 Å². The molecular formula is C22H30IN5O. The second-order valence-electron chi connectivity index (χ2n) is 7.26. The van der Waals surface area contributed by atoms with Crippen LogP contribution in [0.2, 0.25) is 0 Å². The van der Waals surface area contributed by atoms with Gasteiger partial charge < -0.3 is 20.9 Å². The third kappa shape index (κ3) is 6.17. The molecule has 0 fully saturated rings. The number of para-hydroxylation sites is 1. The summed E-state index contributed by atoms with van der Waals surface area (Å²) in [6, 6.07) is 18.7. The predicted molar refractivity (Wildman–Crippen MR) is 130 cm³/mol. The Morgan fingerprint density at radius 1 is 1.14 bits per heavy atom. The Kier molecular flexibility index (Phi) is 8.91. The number of aliphatic imine (C=N–C) groups is 1. The SMILES string of the molecule is CN=C(NCC1CC(=O)Nc2ccccc21)NCC(c1ccccc1)N(C)C.I. The summed E-state index contributed by atoms with van der Waals surface area (Å²) in [7, 11) is 5.92. The Morgan fingerprint density at radius 2 is 1.83 bits per heavy atom. The zero-order chi connectivity index (χ0) is 19.9. The van der Waals surface area contributed by atoms with Crippen LogP contribution in [0.15, 0.2) is 59.6 Å². The minimum atomic E-state index is 0. The number of amides is 1. The fraction of sp³-hybridized carbons (Fsp3) is 0.364. The van der Waals surface area contributed by atoms with Gasteiger partial charge in [-0.05, 0) is 31.3 Å². The molecule has 0 saturated carbocycles. The molecule has 0 radical (unpaired) electrons. The van der Waals surface area contributed by atoms with Gasteiger partial charge in [0.2, 0.25) is 5.91 Å². The van der Waals surface area contributed by atoms with E-state index < -0.39 is 0 Å². The molecule has 0 bridgehead atoms. The van der Waals surface area contributed by atoms with Crippen molar-refractivity contribution in [3.05, 3.63) is 65.7 Å². The van der Waals surface area contributed by atoms with Crippen LogP contribution in [-0.4, -0.2) is 51.0 Å². The lowest BCUT2D eigenvalue weighted by atomic mass is 9.90. The molecule has 2 aromatic carbocycles. The fourth-order valence-corrected chi connectivity index (χ4v) is 3.59. The average molecular weight is 507 g/mol. The highest BCUT2D eigenvalue weighted by molar-refractivity contribution is 14.0. The van der Waals surface area contributed by atoms with Gasteiger partial charge in [-0.25, -0.2) is 0 Å². The number of fused-ring (bicyclic) bond motifs is 1. The van der Waals surface area contributed by atoms with E-state index in [-0.39, 0.29) is 41.8 Å². The fourth-order valence-electron chi connectivity index (χ4n) is 3.59. The highest BCUT2D eigenvalue weighted by Crippen LogP contribution is 2.31. The molecule has 1 aliphatic heterocycles. The monoisotopic (exact) mass is 507 g/mol. The van der Waals surface area contributed by atoms with E-state index in [0.29, 0.717) is 13.0 Å².